The molecule has 0 aromatic rings. The number of ether oxygens (including phenoxy) is 1. The lowest BCUT2D eigenvalue weighted by atomic mass is 10.0. The Balaban J connectivity index is 2.03. The molecular weight excluding hydrogens is 176 g/mol. The van der Waals surface area contributed by atoms with E-state index in [0.29, 0.717) is 17.9 Å². The van der Waals surface area contributed by atoms with Crippen LogP contribution < -0.4 is 11.1 Å². The van der Waals surface area contributed by atoms with Gasteiger partial charge in [-0.3, -0.25) is 0 Å². The van der Waals surface area contributed by atoms with E-state index in [2.05, 4.69) is 19.2 Å². The fraction of sp³-hybridized carbons (Fsp3) is 1.00. The van der Waals surface area contributed by atoms with Crippen molar-refractivity contribution in [3.05, 3.63) is 0 Å². The van der Waals surface area contributed by atoms with Gasteiger partial charge in [-0.15, -0.1) is 0 Å². The van der Waals surface area contributed by atoms with E-state index >= 15 is 0 Å². The molecule has 84 valence electrons. The molecule has 0 saturated carbocycles. The van der Waals surface area contributed by atoms with Crippen molar-refractivity contribution >= 4 is 0 Å². The van der Waals surface area contributed by atoms with Crippen molar-refractivity contribution in [2.24, 2.45) is 17.6 Å². The molecule has 0 aliphatic carbocycles. The van der Waals surface area contributed by atoms with Gasteiger partial charge in [0.05, 0.1) is 6.10 Å². The van der Waals surface area contributed by atoms with Crippen LogP contribution in [0.25, 0.3) is 0 Å². The normalized spacial score (nSPS) is 29.4. The molecule has 1 aliphatic rings. The van der Waals surface area contributed by atoms with Crippen LogP contribution in [-0.4, -0.2) is 32.3 Å². The third kappa shape index (κ3) is 3.95. The van der Waals surface area contributed by atoms with E-state index in [1.165, 1.54) is 6.42 Å². The van der Waals surface area contributed by atoms with E-state index in [1.807, 2.05) is 0 Å². The number of hydrogen-bond acceptors (Lipinski definition) is 3. The largest absolute Gasteiger partial charge is 0.378 e. The zero-order chi connectivity index (χ0) is 10.4. The Kier molecular flexibility index (Phi) is 5.45. The predicted molar refractivity (Wildman–Crippen MR) is 59.2 cm³/mol. The molecule has 0 aromatic carbocycles. The molecule has 3 atom stereocenters. The lowest BCUT2D eigenvalue weighted by Gasteiger charge is -2.17. The first kappa shape index (κ1) is 12.0. The second-order valence-electron chi connectivity index (χ2n) is 4.47. The second-order valence-corrected chi connectivity index (χ2v) is 4.47. The van der Waals surface area contributed by atoms with Gasteiger partial charge in [-0.1, -0.05) is 6.92 Å². The first-order chi connectivity index (χ1) is 6.74. The lowest BCUT2D eigenvalue weighted by molar-refractivity contribution is 0.105. The molecule has 3 unspecified atom stereocenters. The van der Waals surface area contributed by atoms with Gasteiger partial charge in [0.15, 0.2) is 0 Å². The van der Waals surface area contributed by atoms with Crippen LogP contribution in [0.2, 0.25) is 0 Å². The van der Waals surface area contributed by atoms with E-state index < -0.39 is 0 Å². The SMILES string of the molecule is CC(CCN)CNCC1CCOC1C. The summed E-state index contributed by atoms with van der Waals surface area (Å²) < 4.78 is 5.51. The molecule has 1 fully saturated rings. The second kappa shape index (κ2) is 6.38. The first-order valence-corrected chi connectivity index (χ1v) is 5.76. The van der Waals surface area contributed by atoms with Gasteiger partial charge in [-0.05, 0) is 44.7 Å². The summed E-state index contributed by atoms with van der Waals surface area (Å²) in [4.78, 5) is 0. The van der Waals surface area contributed by atoms with Crippen molar-refractivity contribution in [3.8, 4) is 0 Å². The highest BCUT2D eigenvalue weighted by Gasteiger charge is 2.23. The Morgan fingerprint density at radius 2 is 2.36 bits per heavy atom. The number of nitrogens with one attached hydrogen (secondary N) is 1. The van der Waals surface area contributed by atoms with E-state index in [-0.39, 0.29) is 0 Å². The van der Waals surface area contributed by atoms with Gasteiger partial charge >= 0.3 is 0 Å². The monoisotopic (exact) mass is 200 g/mol. The molecule has 3 nitrogen and oxygen atoms in total. The van der Waals surface area contributed by atoms with Gasteiger partial charge in [-0.2, -0.15) is 0 Å². The Labute approximate surface area is 87.4 Å². The molecule has 3 N–H and O–H groups in total. The van der Waals surface area contributed by atoms with E-state index in [0.717, 1.165) is 32.7 Å². The Hall–Kier alpha value is -0.120. The summed E-state index contributed by atoms with van der Waals surface area (Å²) in [5, 5.41) is 3.51. The fourth-order valence-electron chi connectivity index (χ4n) is 1.95. The van der Waals surface area contributed by atoms with Gasteiger partial charge < -0.3 is 15.8 Å². The maximum Gasteiger partial charge on any atom is 0.0588 e. The van der Waals surface area contributed by atoms with Crippen LogP contribution in [0.3, 0.4) is 0 Å². The lowest BCUT2D eigenvalue weighted by Crippen LogP contribution is -2.30. The molecule has 0 spiro atoms. The summed E-state index contributed by atoms with van der Waals surface area (Å²) in [6.45, 7) is 8.32. The van der Waals surface area contributed by atoms with Crippen molar-refractivity contribution in [3.63, 3.8) is 0 Å². The topological polar surface area (TPSA) is 47.3 Å². The van der Waals surface area contributed by atoms with Crippen molar-refractivity contribution < 1.29 is 4.74 Å². The molecule has 1 saturated heterocycles. The number of hydrogen-bond donors (Lipinski definition) is 2. The quantitative estimate of drug-likeness (QED) is 0.672. The number of rotatable bonds is 6. The highest BCUT2D eigenvalue weighted by atomic mass is 16.5. The summed E-state index contributed by atoms with van der Waals surface area (Å²) >= 11 is 0. The summed E-state index contributed by atoms with van der Waals surface area (Å²) in [5.74, 6) is 1.40. The average Bonchev–Trinajstić information content (AvgIpc) is 2.52. The minimum atomic E-state index is 0.437. The van der Waals surface area contributed by atoms with Crippen LogP contribution >= 0.6 is 0 Å². The van der Waals surface area contributed by atoms with Crippen LogP contribution in [0.15, 0.2) is 0 Å². The Bertz CT molecular complexity index is 152. The summed E-state index contributed by atoms with van der Waals surface area (Å²) in [6, 6.07) is 0. The van der Waals surface area contributed by atoms with Crippen molar-refractivity contribution in [1.82, 2.24) is 5.32 Å². The zero-order valence-electron chi connectivity index (χ0n) is 9.46. The molecule has 0 aromatic heterocycles. The van der Waals surface area contributed by atoms with Gasteiger partial charge in [0, 0.05) is 13.2 Å². The van der Waals surface area contributed by atoms with Gasteiger partial charge in [0.25, 0.3) is 0 Å². The van der Waals surface area contributed by atoms with Crippen LogP contribution in [0.4, 0.5) is 0 Å². The maximum atomic E-state index is 5.51. The van der Waals surface area contributed by atoms with Crippen molar-refractivity contribution in [1.29, 1.82) is 0 Å². The van der Waals surface area contributed by atoms with E-state index in [4.69, 9.17) is 10.5 Å². The average molecular weight is 200 g/mol. The van der Waals surface area contributed by atoms with Crippen LogP contribution in [-0.2, 0) is 4.74 Å². The molecule has 0 radical (unpaired) electrons. The van der Waals surface area contributed by atoms with Gasteiger partial charge in [0.2, 0.25) is 0 Å². The van der Waals surface area contributed by atoms with Crippen molar-refractivity contribution in [2.75, 3.05) is 26.2 Å². The van der Waals surface area contributed by atoms with Crippen LogP contribution in [0, 0.1) is 11.8 Å². The molecule has 1 heterocycles. The van der Waals surface area contributed by atoms with Crippen LogP contribution in [0.5, 0.6) is 0 Å². The molecule has 0 bridgehead atoms. The molecule has 0 amide bonds. The third-order valence-electron chi connectivity index (χ3n) is 3.09. The maximum absolute atomic E-state index is 5.51. The number of nitrogens with two attached hydrogens (primary N) is 1. The summed E-state index contributed by atoms with van der Waals surface area (Å²) in [6.07, 6.45) is 2.76. The summed E-state index contributed by atoms with van der Waals surface area (Å²) in [7, 11) is 0. The predicted octanol–water partition coefficient (Wildman–Crippen LogP) is 0.986. The van der Waals surface area contributed by atoms with Crippen LogP contribution in [0.1, 0.15) is 26.7 Å². The molecule has 1 aliphatic heterocycles. The molecule has 14 heavy (non-hydrogen) atoms. The van der Waals surface area contributed by atoms with Crippen molar-refractivity contribution in [2.45, 2.75) is 32.8 Å². The first-order valence-electron chi connectivity index (χ1n) is 5.76. The minimum absolute atomic E-state index is 0.437. The smallest absolute Gasteiger partial charge is 0.0588 e. The summed E-state index contributed by atoms with van der Waals surface area (Å²) in [5.41, 5.74) is 5.50. The highest BCUT2D eigenvalue weighted by molar-refractivity contribution is 4.74. The van der Waals surface area contributed by atoms with Gasteiger partial charge in [-0.25, -0.2) is 0 Å². The Morgan fingerprint density at radius 3 is 2.93 bits per heavy atom. The van der Waals surface area contributed by atoms with E-state index in [1.54, 1.807) is 0 Å². The molecular formula is C11H24N2O. The standard InChI is InChI=1S/C11H24N2O/c1-9(3-5-12)7-13-8-11-4-6-14-10(11)2/h9-11,13H,3-8,12H2,1-2H3. The Morgan fingerprint density at radius 1 is 1.57 bits per heavy atom. The minimum Gasteiger partial charge on any atom is -0.378 e. The molecule has 1 rings (SSSR count). The highest BCUT2D eigenvalue weighted by Crippen LogP contribution is 2.19. The molecule has 3 heteroatoms. The van der Waals surface area contributed by atoms with Gasteiger partial charge in [0.1, 0.15) is 0 Å². The third-order valence-corrected chi connectivity index (χ3v) is 3.09. The zero-order valence-corrected chi connectivity index (χ0v) is 9.46. The van der Waals surface area contributed by atoms with E-state index in [9.17, 15) is 0 Å². The fourth-order valence-corrected chi connectivity index (χ4v) is 1.95.